The lowest BCUT2D eigenvalue weighted by atomic mass is 9.84. The molecule has 0 saturated heterocycles. The zero-order valence-electron chi connectivity index (χ0n) is 13.2. The van der Waals surface area contributed by atoms with E-state index in [-0.39, 0.29) is 0 Å². The van der Waals surface area contributed by atoms with Gasteiger partial charge in [-0.2, -0.15) is 0 Å². The second-order valence-corrected chi connectivity index (χ2v) is 6.12. The summed E-state index contributed by atoms with van der Waals surface area (Å²) in [5.41, 5.74) is 6.07. The van der Waals surface area contributed by atoms with Gasteiger partial charge in [-0.1, -0.05) is 39.0 Å². The summed E-state index contributed by atoms with van der Waals surface area (Å²) in [4.78, 5) is 2.58. The molecule has 2 unspecified atom stereocenters. The number of nitrogens with zero attached hydrogens (tertiary/aromatic N) is 1. The highest BCUT2D eigenvalue weighted by molar-refractivity contribution is 4.81. The van der Waals surface area contributed by atoms with E-state index in [1.165, 1.54) is 44.9 Å². The molecule has 0 radical (unpaired) electrons. The lowest BCUT2D eigenvalue weighted by Crippen LogP contribution is -2.48. The van der Waals surface area contributed by atoms with Crippen molar-refractivity contribution in [3.8, 4) is 0 Å². The first kappa shape index (κ1) is 16.9. The van der Waals surface area contributed by atoms with Crippen molar-refractivity contribution in [1.82, 2.24) is 4.90 Å². The van der Waals surface area contributed by atoms with Gasteiger partial charge in [-0.15, -0.1) is 0 Å². The maximum atomic E-state index is 6.07. The molecular weight excluding hydrogens is 236 g/mol. The van der Waals surface area contributed by atoms with E-state index in [0.717, 1.165) is 25.6 Å². The SMILES string of the molecule is CCC(C)N(CCOC)C(CN)CC1CCCCC1. The summed E-state index contributed by atoms with van der Waals surface area (Å²) in [5.74, 6) is 0.899. The molecule has 0 bridgehead atoms. The average molecular weight is 270 g/mol. The smallest absolute Gasteiger partial charge is 0.0589 e. The molecule has 2 N–H and O–H groups in total. The van der Waals surface area contributed by atoms with E-state index in [1.807, 2.05) is 0 Å². The van der Waals surface area contributed by atoms with Crippen molar-refractivity contribution in [3.63, 3.8) is 0 Å². The Labute approximate surface area is 119 Å². The van der Waals surface area contributed by atoms with Crippen molar-refractivity contribution in [2.75, 3.05) is 26.8 Å². The van der Waals surface area contributed by atoms with Crippen LogP contribution in [0.3, 0.4) is 0 Å². The van der Waals surface area contributed by atoms with Gasteiger partial charge in [0, 0.05) is 32.3 Å². The van der Waals surface area contributed by atoms with Crippen molar-refractivity contribution >= 4 is 0 Å². The molecular formula is C16H34N2O. The fraction of sp³-hybridized carbons (Fsp3) is 1.00. The summed E-state index contributed by atoms with van der Waals surface area (Å²) in [6.45, 7) is 7.19. The predicted molar refractivity (Wildman–Crippen MR) is 82.4 cm³/mol. The van der Waals surface area contributed by atoms with E-state index in [1.54, 1.807) is 7.11 Å². The summed E-state index contributed by atoms with van der Waals surface area (Å²) in [5, 5.41) is 0. The Kier molecular flexibility index (Phi) is 8.67. The third-order valence-electron chi connectivity index (χ3n) is 4.78. The van der Waals surface area contributed by atoms with Gasteiger partial charge in [0.25, 0.3) is 0 Å². The van der Waals surface area contributed by atoms with Crippen LogP contribution < -0.4 is 5.73 Å². The fourth-order valence-electron chi connectivity index (χ4n) is 3.37. The Morgan fingerprint density at radius 1 is 1.26 bits per heavy atom. The number of ether oxygens (including phenoxy) is 1. The van der Waals surface area contributed by atoms with E-state index in [2.05, 4.69) is 18.7 Å². The van der Waals surface area contributed by atoms with Gasteiger partial charge in [0.1, 0.15) is 0 Å². The van der Waals surface area contributed by atoms with Crippen LogP contribution in [0.1, 0.15) is 58.8 Å². The average Bonchev–Trinajstić information content (AvgIpc) is 2.46. The molecule has 1 rings (SSSR count). The van der Waals surface area contributed by atoms with Crippen molar-refractivity contribution in [2.45, 2.75) is 70.9 Å². The highest BCUT2D eigenvalue weighted by atomic mass is 16.5. The molecule has 2 atom stereocenters. The first-order chi connectivity index (χ1) is 9.22. The number of nitrogens with two attached hydrogens (primary N) is 1. The number of hydrogen-bond acceptors (Lipinski definition) is 3. The largest absolute Gasteiger partial charge is 0.383 e. The molecule has 1 fully saturated rings. The van der Waals surface area contributed by atoms with Crippen LogP contribution >= 0.6 is 0 Å². The first-order valence-electron chi connectivity index (χ1n) is 8.17. The Balaban J connectivity index is 2.54. The second kappa shape index (κ2) is 9.73. The Bertz CT molecular complexity index is 217. The van der Waals surface area contributed by atoms with E-state index in [4.69, 9.17) is 10.5 Å². The third-order valence-corrected chi connectivity index (χ3v) is 4.78. The van der Waals surface area contributed by atoms with Crippen molar-refractivity contribution in [3.05, 3.63) is 0 Å². The summed E-state index contributed by atoms with van der Waals surface area (Å²) >= 11 is 0. The van der Waals surface area contributed by atoms with Crippen LogP contribution in [0, 0.1) is 5.92 Å². The number of rotatable bonds is 9. The summed E-state index contributed by atoms with van der Waals surface area (Å²) in [7, 11) is 1.79. The molecule has 114 valence electrons. The van der Waals surface area contributed by atoms with Gasteiger partial charge in [0.15, 0.2) is 0 Å². The number of methoxy groups -OCH3 is 1. The van der Waals surface area contributed by atoms with E-state index in [0.29, 0.717) is 12.1 Å². The van der Waals surface area contributed by atoms with Crippen molar-refractivity contribution < 1.29 is 4.74 Å². The van der Waals surface area contributed by atoms with Crippen LogP contribution in [-0.2, 0) is 4.74 Å². The molecule has 0 amide bonds. The molecule has 3 nitrogen and oxygen atoms in total. The molecule has 3 heteroatoms. The lowest BCUT2D eigenvalue weighted by molar-refractivity contribution is 0.0761. The van der Waals surface area contributed by atoms with Gasteiger partial charge in [-0.3, -0.25) is 4.90 Å². The minimum absolute atomic E-state index is 0.535. The van der Waals surface area contributed by atoms with Crippen LogP contribution in [0.4, 0.5) is 0 Å². The molecule has 1 aliphatic rings. The Morgan fingerprint density at radius 3 is 2.47 bits per heavy atom. The van der Waals surface area contributed by atoms with Crippen LogP contribution in [0.5, 0.6) is 0 Å². The molecule has 0 aromatic heterocycles. The molecule has 19 heavy (non-hydrogen) atoms. The normalized spacial score (nSPS) is 20.7. The van der Waals surface area contributed by atoms with E-state index >= 15 is 0 Å². The van der Waals surface area contributed by atoms with E-state index < -0.39 is 0 Å². The first-order valence-corrected chi connectivity index (χ1v) is 8.17. The zero-order chi connectivity index (χ0) is 14.1. The molecule has 0 aromatic rings. The van der Waals surface area contributed by atoms with Gasteiger partial charge in [0.05, 0.1) is 6.61 Å². The quantitative estimate of drug-likeness (QED) is 0.700. The third kappa shape index (κ3) is 5.80. The molecule has 0 aromatic carbocycles. The highest BCUT2D eigenvalue weighted by Gasteiger charge is 2.25. The predicted octanol–water partition coefficient (Wildman–Crippen LogP) is 3.03. The second-order valence-electron chi connectivity index (χ2n) is 6.12. The highest BCUT2D eigenvalue weighted by Crippen LogP contribution is 2.29. The Hall–Kier alpha value is -0.120. The van der Waals surface area contributed by atoms with Crippen LogP contribution in [0.2, 0.25) is 0 Å². The zero-order valence-corrected chi connectivity index (χ0v) is 13.2. The lowest BCUT2D eigenvalue weighted by Gasteiger charge is -2.38. The van der Waals surface area contributed by atoms with Gasteiger partial charge in [0.2, 0.25) is 0 Å². The van der Waals surface area contributed by atoms with Crippen molar-refractivity contribution in [2.24, 2.45) is 11.7 Å². The number of hydrogen-bond donors (Lipinski definition) is 1. The van der Waals surface area contributed by atoms with Gasteiger partial charge in [-0.25, -0.2) is 0 Å². The minimum atomic E-state index is 0.535. The van der Waals surface area contributed by atoms with E-state index in [9.17, 15) is 0 Å². The van der Waals surface area contributed by atoms with Gasteiger partial charge >= 0.3 is 0 Å². The molecule has 1 saturated carbocycles. The minimum Gasteiger partial charge on any atom is -0.383 e. The standard InChI is InChI=1S/C16H34N2O/c1-4-14(2)18(10-11-19-3)16(13-17)12-15-8-6-5-7-9-15/h14-16H,4-13,17H2,1-3H3. The summed E-state index contributed by atoms with van der Waals surface area (Å²) in [6.07, 6.45) is 9.56. The monoisotopic (exact) mass is 270 g/mol. The molecule has 0 heterocycles. The van der Waals surface area contributed by atoms with Crippen molar-refractivity contribution in [1.29, 1.82) is 0 Å². The molecule has 0 spiro atoms. The maximum absolute atomic E-state index is 6.07. The summed E-state index contributed by atoms with van der Waals surface area (Å²) in [6, 6.07) is 1.14. The topological polar surface area (TPSA) is 38.5 Å². The van der Waals surface area contributed by atoms with Crippen LogP contribution in [-0.4, -0.2) is 43.8 Å². The fourth-order valence-corrected chi connectivity index (χ4v) is 3.37. The summed E-state index contributed by atoms with van der Waals surface area (Å²) < 4.78 is 5.27. The molecule has 1 aliphatic carbocycles. The Morgan fingerprint density at radius 2 is 1.95 bits per heavy atom. The van der Waals surface area contributed by atoms with Gasteiger partial charge < -0.3 is 10.5 Å². The maximum Gasteiger partial charge on any atom is 0.0589 e. The molecule has 0 aliphatic heterocycles. The van der Waals surface area contributed by atoms with Crippen LogP contribution in [0.15, 0.2) is 0 Å². The van der Waals surface area contributed by atoms with Gasteiger partial charge in [-0.05, 0) is 25.7 Å². The van der Waals surface area contributed by atoms with Crippen LogP contribution in [0.25, 0.3) is 0 Å².